The molecule has 8 heteroatoms. The smallest absolute Gasteiger partial charge is 0.259 e. The predicted molar refractivity (Wildman–Crippen MR) is 138 cm³/mol. The zero-order valence-corrected chi connectivity index (χ0v) is 20.3. The molecule has 7 nitrogen and oxygen atoms in total. The average Bonchev–Trinajstić information content (AvgIpc) is 3.53. The molecule has 0 spiro atoms. The van der Waals surface area contributed by atoms with Gasteiger partial charge in [0.25, 0.3) is 5.91 Å². The van der Waals surface area contributed by atoms with Crippen molar-refractivity contribution in [3.63, 3.8) is 0 Å². The van der Waals surface area contributed by atoms with Crippen LogP contribution in [-0.4, -0.2) is 51.1 Å². The van der Waals surface area contributed by atoms with Crippen LogP contribution in [-0.2, 0) is 11.2 Å². The normalized spacial score (nSPS) is 13.6. The number of thioether (sulfide) groups is 1. The van der Waals surface area contributed by atoms with E-state index >= 15 is 0 Å². The van der Waals surface area contributed by atoms with Crippen molar-refractivity contribution in [1.29, 1.82) is 0 Å². The Morgan fingerprint density at radius 1 is 1.00 bits per heavy atom. The lowest BCUT2D eigenvalue weighted by Gasteiger charge is -2.26. The number of benzene rings is 2. The van der Waals surface area contributed by atoms with E-state index in [1.54, 1.807) is 10.9 Å². The molecule has 178 valence electrons. The van der Waals surface area contributed by atoms with Gasteiger partial charge in [-0.25, -0.2) is 4.68 Å². The second-order valence-corrected chi connectivity index (χ2v) is 9.63. The Labute approximate surface area is 208 Å². The highest BCUT2D eigenvalue weighted by Crippen LogP contribution is 2.26. The van der Waals surface area contributed by atoms with Crippen molar-refractivity contribution in [2.75, 3.05) is 29.9 Å². The van der Waals surface area contributed by atoms with E-state index in [2.05, 4.69) is 10.4 Å². The summed E-state index contributed by atoms with van der Waals surface area (Å²) in [6.07, 6.45) is 2.08. The first kappa shape index (κ1) is 23.0. The SMILES string of the molecule is Cc1ccc(-c2nn(-c3ccccc3)cc2C(=O)Nc2ccc(CC(=O)N3CCSCC3)cc2)o1. The average molecular weight is 487 g/mol. The minimum Gasteiger partial charge on any atom is -0.460 e. The minimum atomic E-state index is -0.286. The molecule has 1 saturated heterocycles. The number of anilines is 1. The number of para-hydroxylation sites is 1. The van der Waals surface area contributed by atoms with Crippen molar-refractivity contribution >= 4 is 29.3 Å². The van der Waals surface area contributed by atoms with Crippen LogP contribution < -0.4 is 5.32 Å². The largest absolute Gasteiger partial charge is 0.460 e. The Kier molecular flexibility index (Phi) is 6.72. The first-order chi connectivity index (χ1) is 17.1. The summed E-state index contributed by atoms with van der Waals surface area (Å²) in [5, 5.41) is 7.59. The van der Waals surface area contributed by atoms with Crippen LogP contribution in [0.2, 0.25) is 0 Å². The van der Waals surface area contributed by atoms with Crippen molar-refractivity contribution in [2.24, 2.45) is 0 Å². The summed E-state index contributed by atoms with van der Waals surface area (Å²) in [4.78, 5) is 27.7. The van der Waals surface area contributed by atoms with Crippen LogP contribution in [0.4, 0.5) is 5.69 Å². The van der Waals surface area contributed by atoms with Crippen molar-refractivity contribution in [1.82, 2.24) is 14.7 Å². The van der Waals surface area contributed by atoms with Crippen LogP contribution in [0.25, 0.3) is 17.1 Å². The van der Waals surface area contributed by atoms with Gasteiger partial charge < -0.3 is 14.6 Å². The van der Waals surface area contributed by atoms with Crippen molar-refractivity contribution in [2.45, 2.75) is 13.3 Å². The molecular weight excluding hydrogens is 460 g/mol. The van der Waals surface area contributed by atoms with Crippen LogP contribution in [0.3, 0.4) is 0 Å². The summed E-state index contributed by atoms with van der Waals surface area (Å²) < 4.78 is 7.45. The second kappa shape index (κ2) is 10.2. The number of nitrogens with zero attached hydrogens (tertiary/aromatic N) is 3. The lowest BCUT2D eigenvalue weighted by Crippen LogP contribution is -2.38. The molecule has 1 N–H and O–H groups in total. The number of rotatable bonds is 6. The van der Waals surface area contributed by atoms with E-state index in [9.17, 15) is 9.59 Å². The summed E-state index contributed by atoms with van der Waals surface area (Å²) in [5.74, 6) is 3.13. The fourth-order valence-corrected chi connectivity index (χ4v) is 4.90. The Morgan fingerprint density at radius 2 is 1.74 bits per heavy atom. The molecule has 0 saturated carbocycles. The van der Waals surface area contributed by atoms with Crippen LogP contribution in [0.15, 0.2) is 77.3 Å². The lowest BCUT2D eigenvalue weighted by molar-refractivity contribution is -0.130. The maximum Gasteiger partial charge on any atom is 0.259 e. The zero-order valence-electron chi connectivity index (χ0n) is 19.4. The van der Waals surface area contributed by atoms with Crippen LogP contribution >= 0.6 is 11.8 Å². The van der Waals surface area contributed by atoms with Crippen molar-refractivity contribution in [3.8, 4) is 17.1 Å². The minimum absolute atomic E-state index is 0.147. The molecule has 2 amide bonds. The molecule has 5 rings (SSSR count). The molecule has 0 radical (unpaired) electrons. The van der Waals surface area contributed by atoms with E-state index in [1.807, 2.05) is 90.3 Å². The molecule has 35 heavy (non-hydrogen) atoms. The molecule has 2 aromatic heterocycles. The highest BCUT2D eigenvalue weighted by molar-refractivity contribution is 7.99. The maximum atomic E-state index is 13.3. The number of hydrogen-bond donors (Lipinski definition) is 1. The molecule has 0 atom stereocenters. The highest BCUT2D eigenvalue weighted by Gasteiger charge is 2.21. The molecule has 1 fully saturated rings. The maximum absolute atomic E-state index is 13.3. The monoisotopic (exact) mass is 486 g/mol. The van der Waals surface area contributed by atoms with E-state index in [1.165, 1.54) is 0 Å². The summed E-state index contributed by atoms with van der Waals surface area (Å²) in [6.45, 7) is 3.48. The molecule has 0 unspecified atom stereocenters. The fourth-order valence-electron chi connectivity index (χ4n) is 4.00. The van der Waals surface area contributed by atoms with E-state index in [0.717, 1.165) is 41.6 Å². The summed E-state index contributed by atoms with van der Waals surface area (Å²) in [7, 11) is 0. The topological polar surface area (TPSA) is 80.4 Å². The fraction of sp³-hybridized carbons (Fsp3) is 0.222. The number of furan rings is 1. The van der Waals surface area contributed by atoms with Gasteiger partial charge in [0, 0.05) is 36.5 Å². The van der Waals surface area contributed by atoms with Gasteiger partial charge in [0.05, 0.1) is 17.7 Å². The molecule has 1 aliphatic heterocycles. The summed E-state index contributed by atoms with van der Waals surface area (Å²) >= 11 is 1.88. The quantitative estimate of drug-likeness (QED) is 0.423. The first-order valence-electron chi connectivity index (χ1n) is 11.5. The van der Waals surface area contributed by atoms with Gasteiger partial charge in [-0.1, -0.05) is 30.3 Å². The second-order valence-electron chi connectivity index (χ2n) is 8.40. The van der Waals surface area contributed by atoms with Gasteiger partial charge in [-0.15, -0.1) is 0 Å². The molecule has 1 aliphatic rings. The van der Waals surface area contributed by atoms with Gasteiger partial charge in [0.1, 0.15) is 11.5 Å². The van der Waals surface area contributed by atoms with E-state index in [0.29, 0.717) is 29.1 Å². The standard InChI is InChI=1S/C27H26N4O3S/c1-19-7-12-24(34-19)26-23(18-31(29-26)22-5-3-2-4-6-22)27(33)28-21-10-8-20(9-11-21)17-25(32)30-13-15-35-16-14-30/h2-12,18H,13-17H2,1H3,(H,28,33). The highest BCUT2D eigenvalue weighted by atomic mass is 32.2. The lowest BCUT2D eigenvalue weighted by atomic mass is 10.1. The third kappa shape index (κ3) is 5.33. The first-order valence-corrected chi connectivity index (χ1v) is 12.7. The number of amides is 2. The van der Waals surface area contributed by atoms with Crippen molar-refractivity contribution in [3.05, 3.63) is 89.8 Å². The Bertz CT molecular complexity index is 1320. The molecule has 3 heterocycles. The molecule has 2 aromatic carbocycles. The van der Waals surface area contributed by atoms with Crippen LogP contribution in [0, 0.1) is 6.92 Å². The molecule has 0 aliphatic carbocycles. The van der Waals surface area contributed by atoms with Gasteiger partial charge >= 0.3 is 0 Å². The van der Waals surface area contributed by atoms with Crippen LogP contribution in [0.5, 0.6) is 0 Å². The van der Waals surface area contributed by atoms with E-state index < -0.39 is 0 Å². The summed E-state index contributed by atoms with van der Waals surface area (Å²) in [6, 6.07) is 20.7. The van der Waals surface area contributed by atoms with Gasteiger partial charge in [-0.05, 0) is 48.9 Å². The molecule has 0 bridgehead atoms. The number of nitrogens with one attached hydrogen (secondary N) is 1. The number of aromatic nitrogens is 2. The third-order valence-corrected chi connectivity index (χ3v) is 6.83. The molecular formula is C27H26N4O3S. The van der Waals surface area contributed by atoms with E-state index in [-0.39, 0.29) is 11.8 Å². The number of aryl methyl sites for hydroxylation is 1. The summed E-state index contributed by atoms with van der Waals surface area (Å²) in [5.41, 5.74) is 3.30. The van der Waals surface area contributed by atoms with Gasteiger partial charge in [-0.2, -0.15) is 16.9 Å². The number of hydrogen-bond acceptors (Lipinski definition) is 5. The van der Waals surface area contributed by atoms with Crippen molar-refractivity contribution < 1.29 is 14.0 Å². The number of carbonyl (C=O) groups is 2. The van der Waals surface area contributed by atoms with Gasteiger partial charge in [0.2, 0.25) is 5.91 Å². The molecule has 4 aromatic rings. The van der Waals surface area contributed by atoms with Gasteiger partial charge in [-0.3, -0.25) is 9.59 Å². The number of carbonyl (C=O) groups excluding carboxylic acids is 2. The van der Waals surface area contributed by atoms with E-state index in [4.69, 9.17) is 4.42 Å². The Morgan fingerprint density at radius 3 is 2.43 bits per heavy atom. The van der Waals surface area contributed by atoms with Gasteiger partial charge in [0.15, 0.2) is 5.76 Å². The Hall–Kier alpha value is -3.78. The van der Waals surface area contributed by atoms with Crippen LogP contribution in [0.1, 0.15) is 21.7 Å². The predicted octanol–water partition coefficient (Wildman–Crippen LogP) is 4.81. The Balaban J connectivity index is 1.33. The zero-order chi connectivity index (χ0) is 24.2. The third-order valence-electron chi connectivity index (χ3n) is 5.88.